The molecule has 0 heterocycles. The molecule has 2 heteroatoms. The van der Waals surface area contributed by atoms with Gasteiger partial charge in [0.2, 0.25) is 0 Å². The van der Waals surface area contributed by atoms with E-state index < -0.39 is 0 Å². The van der Waals surface area contributed by atoms with Crippen molar-refractivity contribution < 1.29 is 4.39 Å². The number of benzene rings is 1. The molecule has 0 bridgehead atoms. The van der Waals surface area contributed by atoms with Gasteiger partial charge in [-0.15, -0.1) is 0 Å². The van der Waals surface area contributed by atoms with Crippen molar-refractivity contribution in [2.45, 2.75) is 19.3 Å². The fourth-order valence-electron chi connectivity index (χ4n) is 1.50. The Morgan fingerprint density at radius 1 is 1.46 bits per heavy atom. The minimum atomic E-state index is -0.146. The molecule has 0 saturated heterocycles. The Hall–Kier alpha value is -0.890. The molecule has 1 atom stereocenters. The molecule has 0 aliphatic carbocycles. The second kappa shape index (κ2) is 4.97. The highest BCUT2D eigenvalue weighted by Gasteiger charge is 2.07. The van der Waals surface area contributed by atoms with Crippen LogP contribution in [0.3, 0.4) is 0 Å². The molecule has 13 heavy (non-hydrogen) atoms. The van der Waals surface area contributed by atoms with Crippen molar-refractivity contribution in [3.8, 4) is 0 Å². The molecule has 1 rings (SSSR count). The zero-order valence-corrected chi connectivity index (χ0v) is 8.18. The van der Waals surface area contributed by atoms with Gasteiger partial charge >= 0.3 is 0 Å². The summed E-state index contributed by atoms with van der Waals surface area (Å²) in [6, 6.07) is 6.85. The zero-order valence-electron chi connectivity index (χ0n) is 8.18. The van der Waals surface area contributed by atoms with Crippen LogP contribution < -0.4 is 5.32 Å². The van der Waals surface area contributed by atoms with E-state index >= 15 is 0 Å². The number of rotatable bonds is 4. The van der Waals surface area contributed by atoms with Crippen LogP contribution in [0.1, 0.15) is 24.8 Å². The fraction of sp³-hybridized carbons (Fsp3) is 0.455. The maximum atomic E-state index is 12.9. The third-order valence-electron chi connectivity index (χ3n) is 2.26. The molecule has 1 N–H and O–H groups in total. The van der Waals surface area contributed by atoms with Crippen molar-refractivity contribution in [1.82, 2.24) is 5.32 Å². The van der Waals surface area contributed by atoms with E-state index in [2.05, 4.69) is 12.2 Å². The SMILES string of the molecule is CCC(CNC)c1cccc(F)c1. The molecule has 0 saturated carbocycles. The maximum absolute atomic E-state index is 12.9. The normalized spacial score (nSPS) is 12.8. The van der Waals surface area contributed by atoms with Crippen LogP contribution in [-0.4, -0.2) is 13.6 Å². The van der Waals surface area contributed by atoms with Crippen LogP contribution in [0.4, 0.5) is 4.39 Å². The molecular weight excluding hydrogens is 165 g/mol. The van der Waals surface area contributed by atoms with Gasteiger partial charge < -0.3 is 5.32 Å². The summed E-state index contributed by atoms with van der Waals surface area (Å²) in [5.41, 5.74) is 1.08. The monoisotopic (exact) mass is 181 g/mol. The first-order valence-corrected chi connectivity index (χ1v) is 4.68. The van der Waals surface area contributed by atoms with E-state index in [9.17, 15) is 4.39 Å². The molecule has 0 radical (unpaired) electrons. The van der Waals surface area contributed by atoms with E-state index in [1.807, 2.05) is 13.1 Å². The first-order valence-electron chi connectivity index (χ1n) is 4.68. The van der Waals surface area contributed by atoms with Crippen molar-refractivity contribution >= 4 is 0 Å². The van der Waals surface area contributed by atoms with Gasteiger partial charge in [-0.25, -0.2) is 4.39 Å². The van der Waals surface area contributed by atoms with Crippen LogP contribution in [-0.2, 0) is 0 Å². The molecule has 0 aromatic heterocycles. The number of nitrogens with one attached hydrogen (secondary N) is 1. The minimum Gasteiger partial charge on any atom is -0.319 e. The van der Waals surface area contributed by atoms with Crippen LogP contribution in [0.5, 0.6) is 0 Å². The molecule has 1 aromatic rings. The third-order valence-corrected chi connectivity index (χ3v) is 2.26. The van der Waals surface area contributed by atoms with E-state index in [4.69, 9.17) is 0 Å². The molecule has 0 aliphatic heterocycles. The first kappa shape index (κ1) is 10.2. The summed E-state index contributed by atoms with van der Waals surface area (Å²) >= 11 is 0. The maximum Gasteiger partial charge on any atom is 0.123 e. The Morgan fingerprint density at radius 2 is 2.23 bits per heavy atom. The highest BCUT2D eigenvalue weighted by Crippen LogP contribution is 2.18. The second-order valence-electron chi connectivity index (χ2n) is 3.22. The largest absolute Gasteiger partial charge is 0.319 e. The topological polar surface area (TPSA) is 12.0 Å². The Labute approximate surface area is 79.0 Å². The summed E-state index contributed by atoms with van der Waals surface area (Å²) in [6.07, 6.45) is 1.03. The van der Waals surface area contributed by atoms with Gasteiger partial charge in [-0.3, -0.25) is 0 Å². The summed E-state index contributed by atoms with van der Waals surface area (Å²) in [6.45, 7) is 3.02. The van der Waals surface area contributed by atoms with E-state index in [0.29, 0.717) is 5.92 Å². The fourth-order valence-corrected chi connectivity index (χ4v) is 1.50. The van der Waals surface area contributed by atoms with E-state index in [0.717, 1.165) is 18.5 Å². The molecule has 1 aromatic carbocycles. The van der Waals surface area contributed by atoms with E-state index in [-0.39, 0.29) is 5.82 Å². The van der Waals surface area contributed by atoms with Gasteiger partial charge in [0.05, 0.1) is 0 Å². The van der Waals surface area contributed by atoms with Crippen LogP contribution >= 0.6 is 0 Å². The van der Waals surface area contributed by atoms with Crippen LogP contribution in [0.2, 0.25) is 0 Å². The molecule has 0 spiro atoms. The zero-order chi connectivity index (χ0) is 9.68. The second-order valence-corrected chi connectivity index (χ2v) is 3.22. The smallest absolute Gasteiger partial charge is 0.123 e. The molecule has 72 valence electrons. The van der Waals surface area contributed by atoms with E-state index in [1.54, 1.807) is 12.1 Å². The first-order chi connectivity index (χ1) is 6.27. The highest BCUT2D eigenvalue weighted by molar-refractivity contribution is 5.20. The summed E-state index contributed by atoms with van der Waals surface area (Å²) < 4.78 is 12.9. The lowest BCUT2D eigenvalue weighted by Crippen LogP contribution is -2.16. The van der Waals surface area contributed by atoms with Gasteiger partial charge in [0.25, 0.3) is 0 Å². The Morgan fingerprint density at radius 3 is 2.77 bits per heavy atom. The summed E-state index contributed by atoms with van der Waals surface area (Å²) in [4.78, 5) is 0. The average Bonchev–Trinajstić information content (AvgIpc) is 2.14. The van der Waals surface area contributed by atoms with Crippen molar-refractivity contribution in [2.24, 2.45) is 0 Å². The molecular formula is C11H16FN. The lowest BCUT2D eigenvalue weighted by molar-refractivity contribution is 0.593. The third kappa shape index (κ3) is 2.81. The molecule has 0 aliphatic rings. The van der Waals surface area contributed by atoms with Gasteiger partial charge in [-0.2, -0.15) is 0 Å². The quantitative estimate of drug-likeness (QED) is 0.752. The molecule has 0 amide bonds. The van der Waals surface area contributed by atoms with Crippen LogP contribution in [0.15, 0.2) is 24.3 Å². The van der Waals surface area contributed by atoms with Crippen molar-refractivity contribution in [1.29, 1.82) is 0 Å². The van der Waals surface area contributed by atoms with E-state index in [1.165, 1.54) is 6.07 Å². The number of halogens is 1. The van der Waals surface area contributed by atoms with Gasteiger partial charge in [0.15, 0.2) is 0 Å². The predicted molar refractivity (Wildman–Crippen MR) is 53.4 cm³/mol. The Balaban J connectivity index is 2.78. The lowest BCUT2D eigenvalue weighted by Gasteiger charge is -2.14. The van der Waals surface area contributed by atoms with Gasteiger partial charge in [-0.1, -0.05) is 19.1 Å². The summed E-state index contributed by atoms with van der Waals surface area (Å²) in [5, 5.41) is 3.11. The molecule has 0 fully saturated rings. The van der Waals surface area contributed by atoms with Crippen molar-refractivity contribution in [3.63, 3.8) is 0 Å². The highest BCUT2D eigenvalue weighted by atomic mass is 19.1. The Kier molecular flexibility index (Phi) is 3.90. The molecule has 1 unspecified atom stereocenters. The lowest BCUT2D eigenvalue weighted by atomic mass is 9.96. The molecule has 1 nitrogen and oxygen atoms in total. The number of likely N-dealkylation sites (N-methyl/N-ethyl adjacent to an activating group) is 1. The average molecular weight is 181 g/mol. The minimum absolute atomic E-state index is 0.146. The van der Waals surface area contributed by atoms with Gasteiger partial charge in [0.1, 0.15) is 5.82 Å². The van der Waals surface area contributed by atoms with Crippen LogP contribution in [0, 0.1) is 5.82 Å². The summed E-state index contributed by atoms with van der Waals surface area (Å²) in [7, 11) is 1.92. The number of hydrogen-bond acceptors (Lipinski definition) is 1. The van der Waals surface area contributed by atoms with Crippen molar-refractivity contribution in [3.05, 3.63) is 35.6 Å². The Bertz CT molecular complexity index is 260. The van der Waals surface area contributed by atoms with Gasteiger partial charge in [-0.05, 0) is 37.1 Å². The van der Waals surface area contributed by atoms with Gasteiger partial charge in [0, 0.05) is 6.54 Å². The predicted octanol–water partition coefficient (Wildman–Crippen LogP) is 2.54. The number of hydrogen-bond donors (Lipinski definition) is 1. The standard InChI is InChI=1S/C11H16FN/c1-3-9(8-13-2)10-5-4-6-11(12)7-10/h4-7,9,13H,3,8H2,1-2H3. The van der Waals surface area contributed by atoms with Crippen LogP contribution in [0.25, 0.3) is 0 Å². The summed E-state index contributed by atoms with van der Waals surface area (Å²) in [5.74, 6) is 0.271. The van der Waals surface area contributed by atoms with Crippen molar-refractivity contribution in [2.75, 3.05) is 13.6 Å².